The van der Waals surface area contributed by atoms with E-state index >= 15 is 8.78 Å². The molecule has 10 heteroatoms. The van der Waals surface area contributed by atoms with Gasteiger partial charge in [0.25, 0.3) is 0 Å². The Hall–Kier alpha value is -3.77. The topological polar surface area (TPSA) is 92.3 Å². The maximum atomic E-state index is 16.3. The van der Waals surface area contributed by atoms with Crippen LogP contribution < -0.4 is 16.3 Å². The highest BCUT2D eigenvalue weighted by molar-refractivity contribution is 6.33. The average molecular weight is 492 g/mol. The van der Waals surface area contributed by atoms with Crippen molar-refractivity contribution in [2.45, 2.75) is 31.1 Å². The Morgan fingerprint density at radius 1 is 1.31 bits per heavy atom. The van der Waals surface area contributed by atoms with Gasteiger partial charge in [0.1, 0.15) is 23.0 Å². The van der Waals surface area contributed by atoms with Crippen LogP contribution in [0, 0.1) is 17.8 Å². The molecule has 3 atom stereocenters. The Kier molecular flexibility index (Phi) is 4.05. The van der Waals surface area contributed by atoms with Crippen LogP contribution in [-0.2, 0) is 0 Å². The highest BCUT2D eigenvalue weighted by Crippen LogP contribution is 2.57. The van der Waals surface area contributed by atoms with Crippen LogP contribution in [0.25, 0.3) is 37.8 Å². The molecule has 2 fully saturated rings. The quantitative estimate of drug-likeness (QED) is 0.271. The van der Waals surface area contributed by atoms with E-state index in [1.807, 2.05) is 0 Å². The molecule has 7 nitrogen and oxygen atoms in total. The first-order chi connectivity index (χ1) is 16.9. The molecule has 1 aliphatic carbocycles. The lowest BCUT2D eigenvalue weighted by Crippen LogP contribution is -2.33. The molecule has 4 aliphatic rings. The van der Waals surface area contributed by atoms with E-state index in [2.05, 4.69) is 25.9 Å². The first-order valence-corrected chi connectivity index (χ1v) is 11.8. The molecule has 1 saturated carbocycles. The number of pyridine rings is 1. The van der Waals surface area contributed by atoms with Crippen molar-refractivity contribution in [1.82, 2.24) is 15.0 Å². The van der Waals surface area contributed by atoms with E-state index < -0.39 is 29.3 Å². The van der Waals surface area contributed by atoms with E-state index in [-0.39, 0.29) is 17.0 Å². The minimum absolute atomic E-state index is 0.0268. The van der Waals surface area contributed by atoms with E-state index in [1.54, 1.807) is 29.2 Å². The largest absolute Gasteiger partial charge is 0.443 e. The van der Waals surface area contributed by atoms with Crippen LogP contribution in [0.1, 0.15) is 24.8 Å². The van der Waals surface area contributed by atoms with Gasteiger partial charge in [0.15, 0.2) is 11.9 Å². The summed E-state index contributed by atoms with van der Waals surface area (Å²) in [4.78, 5) is 29.7. The number of benzene rings is 2. The van der Waals surface area contributed by atoms with Gasteiger partial charge >= 0.3 is 17.6 Å². The third-order valence-corrected chi connectivity index (χ3v) is 7.68. The van der Waals surface area contributed by atoms with Crippen molar-refractivity contribution < 1.29 is 8.78 Å². The molecule has 35 heavy (non-hydrogen) atoms. The Morgan fingerprint density at radius 3 is 3.03 bits per heavy atom. The van der Waals surface area contributed by atoms with Crippen LogP contribution in [-0.4, -0.2) is 33.3 Å². The molecule has 4 aromatic rings. The number of aromatic amines is 1. The minimum atomic E-state index is -1.93. The van der Waals surface area contributed by atoms with E-state index in [0.717, 1.165) is 12.8 Å². The van der Waals surface area contributed by atoms with Gasteiger partial charge in [0.05, 0.1) is 15.9 Å². The fourth-order valence-electron chi connectivity index (χ4n) is 5.74. The summed E-state index contributed by atoms with van der Waals surface area (Å²) in [5, 5.41) is 1.75. The number of alkyl halides is 1. The van der Waals surface area contributed by atoms with Crippen molar-refractivity contribution in [3.8, 4) is 17.3 Å². The molecule has 0 spiro atoms. The van der Waals surface area contributed by atoms with Crippen LogP contribution >= 0.6 is 11.6 Å². The zero-order valence-corrected chi connectivity index (χ0v) is 19.0. The van der Waals surface area contributed by atoms with Gasteiger partial charge in [-0.1, -0.05) is 24.1 Å². The summed E-state index contributed by atoms with van der Waals surface area (Å²) in [6.45, 7) is 0.463. The summed E-state index contributed by atoms with van der Waals surface area (Å²) < 4.78 is 32.4. The van der Waals surface area contributed by atoms with Crippen molar-refractivity contribution in [2.75, 3.05) is 17.2 Å². The standard InChI is InChI=1S/C25H17ClF2N6O/c26-17-5-4-11-7-12(29)8-13-18(11)14(17)10-31-25(28)16-3-1-2-6-34(22(16)25)23-15-9-30-20(13)19(27)21(15)32-24(35)33-23/h4-5,7-9,16,22H,1-3,6,29H2/p+1/t16-,22+,25-/m1/s1. The summed E-state index contributed by atoms with van der Waals surface area (Å²) in [7, 11) is 0. The second-order valence-corrected chi connectivity index (χ2v) is 9.76. The number of aromatic nitrogens is 3. The molecule has 2 aromatic heterocycles. The second-order valence-electron chi connectivity index (χ2n) is 9.36. The van der Waals surface area contributed by atoms with Crippen LogP contribution in [0.15, 0.2) is 35.3 Å². The van der Waals surface area contributed by atoms with Gasteiger partial charge in [-0.15, -0.1) is 0 Å². The van der Waals surface area contributed by atoms with Crippen molar-refractivity contribution in [3.63, 3.8) is 0 Å². The molecule has 5 heterocycles. The van der Waals surface area contributed by atoms with Gasteiger partial charge < -0.3 is 15.6 Å². The molecule has 174 valence electrons. The summed E-state index contributed by atoms with van der Waals surface area (Å²) in [6.07, 6.45) is 3.69. The lowest BCUT2D eigenvalue weighted by atomic mass is 9.96. The Bertz CT molecular complexity index is 1730. The molecule has 0 radical (unpaired) electrons. The molecular weight excluding hydrogens is 474 g/mol. The van der Waals surface area contributed by atoms with E-state index in [4.69, 9.17) is 17.3 Å². The van der Waals surface area contributed by atoms with Gasteiger partial charge in [-0.2, -0.15) is 9.37 Å². The molecule has 3 N–H and O–H groups in total. The predicted molar refractivity (Wildman–Crippen MR) is 131 cm³/mol. The lowest BCUT2D eigenvalue weighted by Gasteiger charge is -2.22. The van der Waals surface area contributed by atoms with Crippen LogP contribution in [0.5, 0.6) is 0 Å². The normalized spacial score (nSPS) is 24.3. The Balaban J connectivity index is 1.68. The number of anilines is 2. The van der Waals surface area contributed by atoms with Crippen molar-refractivity contribution >= 4 is 44.8 Å². The predicted octanol–water partition coefficient (Wildman–Crippen LogP) is 4.86. The van der Waals surface area contributed by atoms with Crippen LogP contribution in [0.3, 0.4) is 0 Å². The zero-order chi connectivity index (χ0) is 24.1. The molecular formula is C25H18ClF2N6O+. The number of H-pyrrole nitrogens is 1. The summed E-state index contributed by atoms with van der Waals surface area (Å²) in [5.41, 5.74) is 6.41. The minimum Gasteiger partial charge on any atom is -0.399 e. The van der Waals surface area contributed by atoms with Gasteiger partial charge in [-0.05, 0) is 41.3 Å². The monoisotopic (exact) mass is 491 g/mol. The summed E-state index contributed by atoms with van der Waals surface area (Å²) >= 11 is 6.54. The van der Waals surface area contributed by atoms with Gasteiger partial charge in [0.2, 0.25) is 0 Å². The first kappa shape index (κ1) is 20.6. The van der Waals surface area contributed by atoms with Gasteiger partial charge in [0, 0.05) is 29.4 Å². The van der Waals surface area contributed by atoms with Gasteiger partial charge in [-0.3, -0.25) is 4.98 Å². The van der Waals surface area contributed by atoms with Crippen molar-refractivity contribution in [1.29, 1.82) is 0 Å². The molecule has 0 unspecified atom stereocenters. The number of nitrogens with one attached hydrogen (secondary N) is 1. The van der Waals surface area contributed by atoms with Crippen molar-refractivity contribution in [3.05, 3.63) is 62.2 Å². The van der Waals surface area contributed by atoms with Crippen molar-refractivity contribution in [2.24, 2.45) is 5.92 Å². The molecule has 2 aromatic carbocycles. The van der Waals surface area contributed by atoms with E-state index in [0.29, 0.717) is 51.0 Å². The average Bonchev–Trinajstić information content (AvgIpc) is 3.48. The van der Waals surface area contributed by atoms with Gasteiger partial charge in [-0.25, -0.2) is 9.18 Å². The number of fused-ring (bicyclic) bond motifs is 1. The highest BCUT2D eigenvalue weighted by Gasteiger charge is 2.80. The highest BCUT2D eigenvalue weighted by atomic mass is 35.5. The van der Waals surface area contributed by atoms with E-state index in [9.17, 15) is 4.79 Å². The Morgan fingerprint density at radius 2 is 2.17 bits per heavy atom. The molecule has 4 bridgehead atoms. The lowest BCUT2D eigenvalue weighted by molar-refractivity contribution is 0.325. The molecule has 0 amide bonds. The number of halogens is 3. The maximum absolute atomic E-state index is 16.3. The number of hydrogen-bond donors (Lipinski definition) is 2. The molecule has 8 rings (SSSR count). The third-order valence-electron chi connectivity index (χ3n) is 7.36. The fourth-order valence-corrected chi connectivity index (χ4v) is 5.94. The smallest absolute Gasteiger partial charge is 0.399 e. The Labute approximate surface area is 202 Å². The third kappa shape index (κ3) is 2.77. The number of nitrogens with two attached hydrogens (primary N) is 1. The summed E-state index contributed by atoms with van der Waals surface area (Å²) in [5.74, 6) is -2.86. The van der Waals surface area contributed by atoms with Crippen LogP contribution in [0.2, 0.25) is 5.02 Å². The zero-order valence-electron chi connectivity index (χ0n) is 18.3. The number of rotatable bonds is 0. The summed E-state index contributed by atoms with van der Waals surface area (Å²) in [6, 6.07) is 8.93. The molecule has 1 saturated heterocycles. The second kappa shape index (κ2) is 6.89. The van der Waals surface area contributed by atoms with E-state index in [1.165, 1.54) is 6.20 Å². The SMILES string of the molecule is Nc1cc2c3c(c(Cl)ccc3c1)C#[N+][C@]1(F)[C@@H]3CCCCN(c4nc(=O)[nH]c5c(F)c-2ncc45)[C@@H]31. The number of hydrogen-bond acceptors (Lipinski definition) is 5. The number of nitrogen functional groups attached to an aromatic ring is 1. The first-order valence-electron chi connectivity index (χ1n) is 11.4. The van der Waals surface area contributed by atoms with Crippen LogP contribution in [0.4, 0.5) is 20.3 Å². The fraction of sp³-hybridized carbons (Fsp3) is 0.280. The maximum Gasteiger partial charge on any atom is 0.443 e. The number of nitrogens with zero attached hydrogens (tertiary/aromatic N) is 4. The molecule has 3 aliphatic heterocycles.